The van der Waals surface area contributed by atoms with E-state index in [9.17, 15) is 0 Å². The van der Waals surface area contributed by atoms with Crippen molar-refractivity contribution in [1.82, 2.24) is 4.90 Å². The van der Waals surface area contributed by atoms with Crippen LogP contribution in [0, 0.1) is 11.8 Å². The third-order valence-electron chi connectivity index (χ3n) is 2.86. The highest BCUT2D eigenvalue weighted by atomic mass is 15.1. The van der Waals surface area contributed by atoms with Crippen LogP contribution in [-0.2, 0) is 0 Å². The molecule has 1 aliphatic heterocycles. The fraction of sp³-hybridized carbons (Fsp3) is 1.00. The van der Waals surface area contributed by atoms with Gasteiger partial charge in [0.05, 0.1) is 0 Å². The molecule has 13 heavy (non-hydrogen) atoms. The first-order valence-corrected chi connectivity index (χ1v) is 5.91. The average molecular weight is 183 g/mol. The Kier molecular flexibility index (Phi) is 4.79. The Morgan fingerprint density at radius 1 is 1.23 bits per heavy atom. The van der Waals surface area contributed by atoms with Crippen molar-refractivity contribution in [2.45, 2.75) is 46.5 Å². The molecular weight excluding hydrogens is 158 g/mol. The van der Waals surface area contributed by atoms with Gasteiger partial charge in [0, 0.05) is 13.1 Å². The second-order valence-corrected chi connectivity index (χ2v) is 5.11. The van der Waals surface area contributed by atoms with Crippen LogP contribution in [0.25, 0.3) is 0 Å². The van der Waals surface area contributed by atoms with Crippen molar-refractivity contribution in [2.24, 2.45) is 11.8 Å². The summed E-state index contributed by atoms with van der Waals surface area (Å²) in [7, 11) is 0. The zero-order valence-corrected chi connectivity index (χ0v) is 9.55. The lowest BCUT2D eigenvalue weighted by molar-refractivity contribution is 0.190. The van der Waals surface area contributed by atoms with Crippen LogP contribution in [0.3, 0.4) is 0 Å². The summed E-state index contributed by atoms with van der Waals surface area (Å²) in [5.74, 6) is 1.74. The van der Waals surface area contributed by atoms with Gasteiger partial charge in [-0.15, -0.1) is 0 Å². The molecule has 1 aliphatic rings. The number of hydrogen-bond donors (Lipinski definition) is 0. The van der Waals surface area contributed by atoms with Crippen LogP contribution < -0.4 is 0 Å². The Hall–Kier alpha value is -0.0400. The lowest BCUT2D eigenvalue weighted by Gasteiger charge is -2.29. The van der Waals surface area contributed by atoms with E-state index in [-0.39, 0.29) is 0 Å². The summed E-state index contributed by atoms with van der Waals surface area (Å²) in [6.45, 7) is 11.0. The molecule has 1 fully saturated rings. The largest absolute Gasteiger partial charge is 0.303 e. The highest BCUT2D eigenvalue weighted by Crippen LogP contribution is 2.16. The molecule has 1 heteroatoms. The number of hydrogen-bond acceptors (Lipinski definition) is 1. The third-order valence-corrected chi connectivity index (χ3v) is 2.86. The van der Waals surface area contributed by atoms with Gasteiger partial charge >= 0.3 is 0 Å². The van der Waals surface area contributed by atoms with Crippen LogP contribution in [-0.4, -0.2) is 24.5 Å². The van der Waals surface area contributed by atoms with Crippen molar-refractivity contribution in [2.75, 3.05) is 19.6 Å². The quantitative estimate of drug-likeness (QED) is 0.635. The van der Waals surface area contributed by atoms with Crippen LogP contribution in [0.4, 0.5) is 0 Å². The van der Waals surface area contributed by atoms with Crippen LogP contribution >= 0.6 is 0 Å². The van der Waals surface area contributed by atoms with Crippen LogP contribution in [0.2, 0.25) is 0 Å². The van der Waals surface area contributed by atoms with Crippen molar-refractivity contribution < 1.29 is 0 Å². The summed E-state index contributed by atoms with van der Waals surface area (Å²) in [6.07, 6.45) is 5.75. The molecular formula is C12H25N. The highest BCUT2D eigenvalue weighted by Gasteiger charge is 2.13. The normalized spacial score (nSPS) is 27.2. The monoisotopic (exact) mass is 183 g/mol. The summed E-state index contributed by atoms with van der Waals surface area (Å²) in [5.41, 5.74) is 0. The van der Waals surface area contributed by atoms with Crippen LogP contribution in [0.15, 0.2) is 0 Å². The second-order valence-electron chi connectivity index (χ2n) is 5.11. The van der Waals surface area contributed by atoms with E-state index >= 15 is 0 Å². The second kappa shape index (κ2) is 5.64. The molecule has 0 radical (unpaired) electrons. The van der Waals surface area contributed by atoms with Crippen LogP contribution in [0.5, 0.6) is 0 Å². The molecule has 0 bridgehead atoms. The van der Waals surface area contributed by atoms with Gasteiger partial charge in [0.1, 0.15) is 0 Å². The molecule has 0 aromatic rings. The molecule has 0 aromatic carbocycles. The highest BCUT2D eigenvalue weighted by molar-refractivity contribution is 4.68. The lowest BCUT2D eigenvalue weighted by atomic mass is 9.99. The minimum absolute atomic E-state index is 0.826. The number of likely N-dealkylation sites (tertiary alicyclic amines) is 1. The lowest BCUT2D eigenvalue weighted by Crippen LogP contribution is -2.34. The molecule has 78 valence electrons. The summed E-state index contributed by atoms with van der Waals surface area (Å²) in [4.78, 5) is 2.66. The average Bonchev–Trinajstić information content (AvgIpc) is 1.98. The van der Waals surface area contributed by atoms with Gasteiger partial charge in [-0.25, -0.2) is 0 Å². The Bertz CT molecular complexity index is 131. The van der Waals surface area contributed by atoms with Crippen molar-refractivity contribution in [3.8, 4) is 0 Å². The zero-order valence-electron chi connectivity index (χ0n) is 9.55. The predicted octanol–water partition coefficient (Wildman–Crippen LogP) is 3.15. The maximum Gasteiger partial charge on any atom is 0.000713 e. The van der Waals surface area contributed by atoms with Gasteiger partial charge in [0.25, 0.3) is 0 Å². The Morgan fingerprint density at radius 3 is 2.69 bits per heavy atom. The summed E-state index contributed by atoms with van der Waals surface area (Å²) < 4.78 is 0. The molecule has 1 nitrogen and oxygen atoms in total. The first kappa shape index (κ1) is 11.0. The van der Waals surface area contributed by atoms with Gasteiger partial charge < -0.3 is 4.90 Å². The number of rotatable bonds is 2. The van der Waals surface area contributed by atoms with Crippen molar-refractivity contribution in [3.05, 3.63) is 0 Å². The predicted molar refractivity (Wildman–Crippen MR) is 58.9 cm³/mol. The molecule has 0 amide bonds. The van der Waals surface area contributed by atoms with E-state index in [1.807, 2.05) is 0 Å². The molecule has 0 aliphatic carbocycles. The SMILES string of the molecule is CC(C)CN1CCCCCC(C)C1. The maximum atomic E-state index is 2.66. The fourth-order valence-electron chi connectivity index (χ4n) is 2.31. The topological polar surface area (TPSA) is 3.24 Å². The van der Waals surface area contributed by atoms with Crippen molar-refractivity contribution >= 4 is 0 Å². The van der Waals surface area contributed by atoms with E-state index in [1.165, 1.54) is 45.3 Å². The molecule has 1 unspecified atom stereocenters. The first-order chi connectivity index (χ1) is 6.18. The number of nitrogens with zero attached hydrogens (tertiary/aromatic N) is 1. The fourth-order valence-corrected chi connectivity index (χ4v) is 2.31. The van der Waals surface area contributed by atoms with E-state index in [0.29, 0.717) is 0 Å². The van der Waals surface area contributed by atoms with Gasteiger partial charge in [-0.3, -0.25) is 0 Å². The van der Waals surface area contributed by atoms with Crippen molar-refractivity contribution in [3.63, 3.8) is 0 Å². The van der Waals surface area contributed by atoms with Crippen LogP contribution in [0.1, 0.15) is 46.5 Å². The van der Waals surface area contributed by atoms with Gasteiger partial charge in [-0.05, 0) is 31.2 Å². The Balaban J connectivity index is 2.32. The first-order valence-electron chi connectivity index (χ1n) is 5.91. The van der Waals surface area contributed by atoms with E-state index in [0.717, 1.165) is 11.8 Å². The molecule has 0 aromatic heterocycles. The van der Waals surface area contributed by atoms with E-state index in [1.54, 1.807) is 0 Å². The van der Waals surface area contributed by atoms with Crippen molar-refractivity contribution in [1.29, 1.82) is 0 Å². The van der Waals surface area contributed by atoms with Gasteiger partial charge in [-0.1, -0.05) is 33.6 Å². The molecule has 1 saturated heterocycles. The third kappa shape index (κ3) is 4.66. The molecule has 0 spiro atoms. The smallest absolute Gasteiger partial charge is 0.000713 e. The Labute approximate surface area is 83.5 Å². The summed E-state index contributed by atoms with van der Waals surface area (Å²) in [6, 6.07) is 0. The summed E-state index contributed by atoms with van der Waals surface area (Å²) >= 11 is 0. The van der Waals surface area contributed by atoms with Gasteiger partial charge in [0.2, 0.25) is 0 Å². The molecule has 1 heterocycles. The Morgan fingerprint density at radius 2 is 2.00 bits per heavy atom. The van der Waals surface area contributed by atoms with Gasteiger partial charge in [-0.2, -0.15) is 0 Å². The molecule has 0 N–H and O–H groups in total. The minimum atomic E-state index is 0.826. The van der Waals surface area contributed by atoms with E-state index in [4.69, 9.17) is 0 Å². The molecule has 1 atom stereocenters. The maximum absolute atomic E-state index is 2.66. The minimum Gasteiger partial charge on any atom is -0.303 e. The molecule has 0 saturated carbocycles. The van der Waals surface area contributed by atoms with E-state index < -0.39 is 0 Å². The standard InChI is InChI=1S/C12H25N/c1-11(2)9-13-8-6-4-5-7-12(3)10-13/h11-12H,4-10H2,1-3H3. The molecule has 1 rings (SSSR count). The van der Waals surface area contributed by atoms with Gasteiger partial charge in [0.15, 0.2) is 0 Å². The zero-order chi connectivity index (χ0) is 9.68. The summed E-state index contributed by atoms with van der Waals surface area (Å²) in [5, 5.41) is 0. The van der Waals surface area contributed by atoms with E-state index in [2.05, 4.69) is 25.7 Å².